The van der Waals surface area contributed by atoms with Crippen LogP contribution in [0.2, 0.25) is 0 Å². The summed E-state index contributed by atoms with van der Waals surface area (Å²) < 4.78 is 35.8. The highest BCUT2D eigenvalue weighted by Gasteiger charge is 2.30. The Balaban J connectivity index is 0.838. The molecular weight excluding hydrogens is 941 g/mol. The van der Waals surface area contributed by atoms with Crippen LogP contribution in [0.3, 0.4) is 0 Å². The average molecular weight is 994 g/mol. The third-order valence-corrected chi connectivity index (χ3v) is 13.6. The molecule has 0 radical (unpaired) electrons. The van der Waals surface area contributed by atoms with E-state index in [2.05, 4.69) is 101 Å². The molecule has 3 aromatic heterocycles. The molecule has 0 spiro atoms. The minimum Gasteiger partial charge on any atom is -0.494 e. The fourth-order valence-corrected chi connectivity index (χ4v) is 9.86. The Hall–Kier alpha value is -6.42. The fraction of sp³-hybridized carbons (Fsp3) is 0.370. The van der Waals surface area contributed by atoms with Crippen LogP contribution in [0.1, 0.15) is 31.2 Å². The summed E-state index contributed by atoms with van der Waals surface area (Å²) in [4.78, 5) is 49.4. The van der Waals surface area contributed by atoms with E-state index in [0.29, 0.717) is 57.3 Å². The Kier molecular flexibility index (Phi) is 13.5. The van der Waals surface area contributed by atoms with E-state index in [1.165, 1.54) is 11.8 Å². The molecular formula is C46H53BrN14O5S. The number of halogens is 1. The summed E-state index contributed by atoms with van der Waals surface area (Å²) in [6.07, 6.45) is 13.5. The number of aromatic nitrogens is 6. The first-order chi connectivity index (χ1) is 32.3. The van der Waals surface area contributed by atoms with Gasteiger partial charge in [-0.05, 0) is 77.5 Å². The smallest absolute Gasteiger partial charge is 0.249 e. The number of hydrogen-bond acceptors (Lipinski definition) is 16. The van der Waals surface area contributed by atoms with E-state index in [4.69, 9.17) is 9.72 Å². The number of nitrogens with zero attached hydrogens (tertiary/aromatic N) is 9. The van der Waals surface area contributed by atoms with Gasteiger partial charge in [0.1, 0.15) is 23.1 Å². The molecule has 19 nitrogen and oxygen atoms in total. The first-order valence-electron chi connectivity index (χ1n) is 22.3. The monoisotopic (exact) mass is 992 g/mol. The number of anilines is 7. The molecule has 0 bridgehead atoms. The van der Waals surface area contributed by atoms with Crippen molar-refractivity contribution in [2.75, 3.05) is 84.8 Å². The zero-order chi connectivity index (χ0) is 46.7. The van der Waals surface area contributed by atoms with Crippen molar-refractivity contribution in [1.29, 1.82) is 0 Å². The molecule has 67 heavy (non-hydrogen) atoms. The van der Waals surface area contributed by atoms with Crippen molar-refractivity contribution in [2.24, 2.45) is 7.05 Å². The minimum atomic E-state index is -3.67. The lowest BCUT2D eigenvalue weighted by Crippen LogP contribution is -2.53. The van der Waals surface area contributed by atoms with E-state index in [1.807, 2.05) is 31.6 Å². The second-order valence-corrected chi connectivity index (χ2v) is 19.7. The topological polar surface area (TPSA) is 217 Å². The molecule has 21 heteroatoms. The number of piperazine rings is 1. The number of ether oxygens (including phenoxy) is 1. The first-order valence-corrected chi connectivity index (χ1v) is 24.9. The standard InChI is InChI=1S/C46H53BrN14O5S/c1-58-28-30(26-51-58)33-24-38(54-46-50-27-34(47)44(56-46)53-36-9-8-35-42(49-16-15-48-35)43(36)57-67(3,64)65)40(66-2)25-39(33)61-18-13-32(14-19-61)60-22-20-59(21-23-60)17-12-29-4-6-31(7-5-29)52-37-10-11-41(62)55-45(37)63/h4-9,15-16,24-28,32,37,52,57H,10-14,17-23H2,1-3H3,(H,55,62,63)(H2,50,53,54,56). The first kappa shape index (κ1) is 45.7. The highest BCUT2D eigenvalue weighted by molar-refractivity contribution is 9.10. The Labute approximate surface area is 397 Å². The van der Waals surface area contributed by atoms with Crippen molar-refractivity contribution in [2.45, 2.75) is 44.2 Å². The van der Waals surface area contributed by atoms with Gasteiger partial charge in [0.05, 0.1) is 46.6 Å². The number of amides is 2. The minimum absolute atomic E-state index is 0.212. The summed E-state index contributed by atoms with van der Waals surface area (Å²) in [5.41, 5.74) is 7.39. The van der Waals surface area contributed by atoms with Crippen LogP contribution in [0.5, 0.6) is 5.75 Å². The molecule has 9 rings (SSSR count). The number of sulfonamides is 1. The van der Waals surface area contributed by atoms with Crippen molar-refractivity contribution < 1.29 is 22.7 Å². The predicted molar refractivity (Wildman–Crippen MR) is 263 cm³/mol. The Morgan fingerprint density at radius 2 is 1.67 bits per heavy atom. The number of carbonyl (C=O) groups is 2. The summed E-state index contributed by atoms with van der Waals surface area (Å²) in [6, 6.07) is 16.0. The van der Waals surface area contributed by atoms with E-state index in [-0.39, 0.29) is 29.5 Å². The molecule has 0 aliphatic carbocycles. The highest BCUT2D eigenvalue weighted by Crippen LogP contribution is 2.42. The van der Waals surface area contributed by atoms with Crippen molar-refractivity contribution >= 4 is 89.0 Å². The van der Waals surface area contributed by atoms with Crippen molar-refractivity contribution in [3.05, 3.63) is 89.6 Å². The van der Waals surface area contributed by atoms with Gasteiger partial charge in [-0.25, -0.2) is 13.4 Å². The molecule has 6 heterocycles. The van der Waals surface area contributed by atoms with Crippen LogP contribution in [0, 0.1) is 0 Å². The third-order valence-electron chi connectivity index (χ3n) is 12.5. The zero-order valence-corrected chi connectivity index (χ0v) is 39.9. The van der Waals surface area contributed by atoms with Crippen molar-refractivity contribution in [1.82, 2.24) is 44.8 Å². The normalized spacial score (nSPS) is 17.6. The number of imide groups is 1. The van der Waals surface area contributed by atoms with Crippen molar-refractivity contribution in [3.8, 4) is 16.9 Å². The van der Waals surface area contributed by atoms with Gasteiger partial charge in [-0.15, -0.1) is 0 Å². The quantitative estimate of drug-likeness (QED) is 0.0804. The number of hydrogen-bond donors (Lipinski definition) is 5. The number of nitrogens with one attached hydrogen (secondary N) is 5. The SMILES string of the molecule is COc1cc(N2CCC(N3CCN(CCc4ccc(NC5CCC(=O)NC5=O)cc4)CC3)CC2)c(-c2cnn(C)c2)cc1Nc1ncc(Br)c(Nc2ccc3nccnc3c2NS(C)(=O)=O)n1. The summed E-state index contributed by atoms with van der Waals surface area (Å²) in [5, 5.41) is 16.8. The lowest BCUT2D eigenvalue weighted by Gasteiger charge is -2.43. The van der Waals surface area contributed by atoms with Gasteiger partial charge in [0, 0.05) is 119 Å². The van der Waals surface area contributed by atoms with Gasteiger partial charge in [-0.1, -0.05) is 12.1 Å². The van der Waals surface area contributed by atoms with Crippen LogP contribution in [0.15, 0.2) is 84.0 Å². The Morgan fingerprint density at radius 3 is 2.39 bits per heavy atom. The van der Waals surface area contributed by atoms with Crippen LogP contribution in [0.25, 0.3) is 22.2 Å². The molecule has 3 aliphatic heterocycles. The van der Waals surface area contributed by atoms with E-state index in [9.17, 15) is 18.0 Å². The molecule has 1 atom stereocenters. The number of benzene rings is 3. The van der Waals surface area contributed by atoms with Gasteiger partial charge >= 0.3 is 0 Å². The van der Waals surface area contributed by atoms with E-state index in [1.54, 1.807) is 36.3 Å². The molecule has 6 aromatic rings. The fourth-order valence-electron chi connectivity index (χ4n) is 8.99. The maximum atomic E-state index is 12.4. The zero-order valence-electron chi connectivity index (χ0n) is 37.5. The van der Waals surface area contributed by atoms with Crippen LogP contribution < -0.4 is 35.6 Å². The van der Waals surface area contributed by atoms with Gasteiger partial charge in [-0.2, -0.15) is 10.1 Å². The third kappa shape index (κ3) is 10.9. The molecule has 3 aliphatic rings. The summed E-state index contributed by atoms with van der Waals surface area (Å²) in [5.74, 6) is 0.809. The largest absolute Gasteiger partial charge is 0.494 e. The van der Waals surface area contributed by atoms with E-state index >= 15 is 0 Å². The van der Waals surface area contributed by atoms with Crippen LogP contribution in [0.4, 0.5) is 40.2 Å². The number of methoxy groups -OCH3 is 1. The lowest BCUT2D eigenvalue weighted by atomic mass is 9.98. The molecule has 0 saturated carbocycles. The Morgan fingerprint density at radius 1 is 0.896 bits per heavy atom. The maximum Gasteiger partial charge on any atom is 0.249 e. The maximum absolute atomic E-state index is 12.4. The van der Waals surface area contributed by atoms with E-state index in [0.717, 1.165) is 93.8 Å². The average Bonchev–Trinajstić information content (AvgIpc) is 3.77. The van der Waals surface area contributed by atoms with Crippen molar-refractivity contribution in [3.63, 3.8) is 0 Å². The molecule has 3 fully saturated rings. The molecule has 1 unspecified atom stereocenters. The van der Waals surface area contributed by atoms with Gasteiger partial charge in [0.15, 0.2) is 0 Å². The number of carbonyl (C=O) groups excluding carboxylic acids is 2. The van der Waals surface area contributed by atoms with Crippen LogP contribution in [-0.4, -0.2) is 131 Å². The second kappa shape index (κ2) is 19.8. The number of aryl methyl sites for hydroxylation is 1. The van der Waals surface area contributed by atoms with Crippen LogP contribution >= 0.6 is 15.9 Å². The number of fused-ring (bicyclic) bond motifs is 1. The van der Waals surface area contributed by atoms with Gasteiger partial charge in [0.25, 0.3) is 0 Å². The summed E-state index contributed by atoms with van der Waals surface area (Å²) >= 11 is 3.55. The second-order valence-electron chi connectivity index (χ2n) is 17.1. The summed E-state index contributed by atoms with van der Waals surface area (Å²) in [6.45, 7) is 6.93. The predicted octanol–water partition coefficient (Wildman–Crippen LogP) is 5.50. The number of piperidine rings is 2. The summed E-state index contributed by atoms with van der Waals surface area (Å²) in [7, 11) is -0.114. The highest BCUT2D eigenvalue weighted by atomic mass is 79.9. The van der Waals surface area contributed by atoms with Gasteiger partial charge in [-0.3, -0.25) is 39.2 Å². The Bertz CT molecular complexity index is 2880. The molecule has 3 aromatic carbocycles. The van der Waals surface area contributed by atoms with Gasteiger partial charge in [0.2, 0.25) is 27.8 Å². The molecule has 5 N–H and O–H groups in total. The molecule has 3 saturated heterocycles. The lowest BCUT2D eigenvalue weighted by molar-refractivity contribution is -0.133. The number of rotatable bonds is 15. The molecule has 2 amide bonds. The van der Waals surface area contributed by atoms with E-state index < -0.39 is 10.0 Å². The van der Waals surface area contributed by atoms with Crippen LogP contribution in [-0.2, 0) is 33.1 Å². The molecule has 350 valence electrons. The van der Waals surface area contributed by atoms with Gasteiger partial charge < -0.3 is 30.5 Å².